The van der Waals surface area contributed by atoms with Gasteiger partial charge in [0.2, 0.25) is 0 Å². The molecule has 4 heteroatoms. The van der Waals surface area contributed by atoms with Gasteiger partial charge in [0.25, 0.3) is 0 Å². The van der Waals surface area contributed by atoms with Crippen molar-refractivity contribution in [3.63, 3.8) is 0 Å². The van der Waals surface area contributed by atoms with Crippen molar-refractivity contribution in [3.05, 3.63) is 10.3 Å². The quantitative estimate of drug-likeness (QED) is 0.818. The van der Waals surface area contributed by atoms with Crippen molar-refractivity contribution in [3.8, 4) is 5.75 Å². The highest BCUT2D eigenvalue weighted by Gasteiger charge is 2.26. The number of rotatable bonds is 2. The molecule has 3 nitrogen and oxygen atoms in total. The summed E-state index contributed by atoms with van der Waals surface area (Å²) in [5, 5.41) is 4.52. The molecule has 0 amide bonds. The molecule has 0 aliphatic rings. The number of nitrogens with zero attached hydrogens (tertiary/aromatic N) is 2. The van der Waals surface area contributed by atoms with Crippen LogP contribution in [-0.2, 0) is 12.0 Å². The number of ether oxygens (including phenoxy) is 1. The second-order valence-electron chi connectivity index (χ2n) is 4.24. The largest absolute Gasteiger partial charge is 0.492 e. The van der Waals surface area contributed by atoms with Crippen LogP contribution in [0.4, 0.5) is 0 Å². The van der Waals surface area contributed by atoms with E-state index in [9.17, 15) is 0 Å². The molecule has 1 heterocycles. The van der Waals surface area contributed by atoms with E-state index in [1.54, 1.807) is 7.11 Å². The predicted octanol–water partition coefficient (Wildman–Crippen LogP) is 2.97. The SMILES string of the molecule is CCn1nc(C(C)(C)C)c(OC)c1Br. The van der Waals surface area contributed by atoms with Crippen LogP contribution in [0, 0.1) is 0 Å². The van der Waals surface area contributed by atoms with Crippen LogP contribution in [-0.4, -0.2) is 16.9 Å². The van der Waals surface area contributed by atoms with Crippen LogP contribution in [0.3, 0.4) is 0 Å². The monoisotopic (exact) mass is 260 g/mol. The van der Waals surface area contributed by atoms with Crippen molar-refractivity contribution in [1.82, 2.24) is 9.78 Å². The Kier molecular flexibility index (Phi) is 3.24. The third kappa shape index (κ3) is 1.95. The first-order chi connectivity index (χ1) is 6.41. The first-order valence-corrected chi connectivity index (χ1v) is 5.51. The number of hydrogen-bond acceptors (Lipinski definition) is 2. The smallest absolute Gasteiger partial charge is 0.174 e. The number of halogens is 1. The molecule has 0 saturated carbocycles. The fraction of sp³-hybridized carbons (Fsp3) is 0.700. The molecule has 0 aliphatic carbocycles. The Morgan fingerprint density at radius 1 is 1.43 bits per heavy atom. The average molecular weight is 261 g/mol. The van der Waals surface area contributed by atoms with E-state index < -0.39 is 0 Å². The Bertz CT molecular complexity index is 326. The van der Waals surface area contributed by atoms with Crippen LogP contribution in [0.5, 0.6) is 5.75 Å². The normalized spacial score (nSPS) is 11.9. The molecule has 0 atom stereocenters. The molecule has 0 fully saturated rings. The van der Waals surface area contributed by atoms with Gasteiger partial charge in [-0.15, -0.1) is 0 Å². The zero-order valence-corrected chi connectivity index (χ0v) is 11.0. The maximum absolute atomic E-state index is 5.35. The molecular weight excluding hydrogens is 244 g/mol. The van der Waals surface area contributed by atoms with Gasteiger partial charge in [-0.3, -0.25) is 4.68 Å². The minimum atomic E-state index is 0.00822. The lowest BCUT2D eigenvalue weighted by Gasteiger charge is -2.16. The van der Waals surface area contributed by atoms with E-state index >= 15 is 0 Å². The Labute approximate surface area is 93.6 Å². The maximum Gasteiger partial charge on any atom is 0.174 e. The highest BCUT2D eigenvalue weighted by atomic mass is 79.9. The highest BCUT2D eigenvalue weighted by Crippen LogP contribution is 2.36. The lowest BCUT2D eigenvalue weighted by atomic mass is 9.92. The average Bonchev–Trinajstić information content (AvgIpc) is 2.41. The lowest BCUT2D eigenvalue weighted by Crippen LogP contribution is -2.13. The molecule has 0 unspecified atom stereocenters. The molecule has 14 heavy (non-hydrogen) atoms. The molecule has 0 radical (unpaired) electrons. The fourth-order valence-corrected chi connectivity index (χ4v) is 1.99. The molecule has 1 rings (SSSR count). The minimum absolute atomic E-state index is 0.00822. The zero-order chi connectivity index (χ0) is 10.9. The summed E-state index contributed by atoms with van der Waals surface area (Å²) in [5.74, 6) is 0.847. The first kappa shape index (κ1) is 11.6. The summed E-state index contributed by atoms with van der Waals surface area (Å²) in [5.41, 5.74) is 1.00. The number of aryl methyl sites for hydroxylation is 1. The van der Waals surface area contributed by atoms with Crippen LogP contribution in [0.1, 0.15) is 33.4 Å². The predicted molar refractivity (Wildman–Crippen MR) is 60.9 cm³/mol. The van der Waals surface area contributed by atoms with E-state index in [0.29, 0.717) is 0 Å². The van der Waals surface area contributed by atoms with Crippen molar-refractivity contribution in [1.29, 1.82) is 0 Å². The van der Waals surface area contributed by atoms with Gasteiger partial charge in [0.05, 0.1) is 7.11 Å². The van der Waals surface area contributed by atoms with Gasteiger partial charge in [0.1, 0.15) is 10.3 Å². The van der Waals surface area contributed by atoms with Crippen molar-refractivity contribution in [2.75, 3.05) is 7.11 Å². The molecular formula is C10H17BrN2O. The van der Waals surface area contributed by atoms with Gasteiger partial charge in [-0.2, -0.15) is 5.10 Å². The summed E-state index contributed by atoms with van der Waals surface area (Å²) in [7, 11) is 1.68. The van der Waals surface area contributed by atoms with E-state index in [4.69, 9.17) is 4.74 Å². The van der Waals surface area contributed by atoms with Crippen LogP contribution < -0.4 is 4.74 Å². The number of hydrogen-bond donors (Lipinski definition) is 0. The summed E-state index contributed by atoms with van der Waals surface area (Å²) >= 11 is 3.49. The summed E-state index contributed by atoms with van der Waals surface area (Å²) in [4.78, 5) is 0. The molecule has 0 N–H and O–H groups in total. The molecule has 80 valence electrons. The van der Waals surface area contributed by atoms with Gasteiger partial charge in [-0.1, -0.05) is 20.8 Å². The summed E-state index contributed by atoms with van der Waals surface area (Å²) in [6, 6.07) is 0. The van der Waals surface area contributed by atoms with Gasteiger partial charge in [0.15, 0.2) is 5.75 Å². The van der Waals surface area contributed by atoms with Crippen molar-refractivity contribution < 1.29 is 4.74 Å². The van der Waals surface area contributed by atoms with Crippen molar-refractivity contribution in [2.45, 2.75) is 39.7 Å². The third-order valence-corrected chi connectivity index (χ3v) is 2.83. The van der Waals surface area contributed by atoms with Crippen molar-refractivity contribution in [2.24, 2.45) is 0 Å². The molecule has 0 aliphatic heterocycles. The van der Waals surface area contributed by atoms with Gasteiger partial charge < -0.3 is 4.74 Å². The maximum atomic E-state index is 5.35. The number of methoxy groups -OCH3 is 1. The first-order valence-electron chi connectivity index (χ1n) is 4.72. The second-order valence-corrected chi connectivity index (χ2v) is 4.99. The minimum Gasteiger partial charge on any atom is -0.492 e. The van der Waals surface area contributed by atoms with E-state index in [0.717, 1.165) is 22.6 Å². The Hall–Kier alpha value is -0.510. The van der Waals surface area contributed by atoms with E-state index in [2.05, 4.69) is 48.7 Å². The van der Waals surface area contributed by atoms with Crippen LogP contribution >= 0.6 is 15.9 Å². The third-order valence-electron chi connectivity index (χ3n) is 2.06. The Balaban J connectivity index is 3.30. The fourth-order valence-electron chi connectivity index (χ4n) is 1.31. The molecule has 0 spiro atoms. The van der Waals surface area contributed by atoms with E-state index in [1.165, 1.54) is 0 Å². The Morgan fingerprint density at radius 2 is 2.00 bits per heavy atom. The van der Waals surface area contributed by atoms with E-state index in [-0.39, 0.29) is 5.41 Å². The van der Waals surface area contributed by atoms with Gasteiger partial charge in [-0.05, 0) is 22.9 Å². The second kappa shape index (κ2) is 3.93. The highest BCUT2D eigenvalue weighted by molar-refractivity contribution is 9.10. The molecule has 0 saturated heterocycles. The molecule has 1 aromatic heterocycles. The zero-order valence-electron chi connectivity index (χ0n) is 9.39. The van der Waals surface area contributed by atoms with E-state index in [1.807, 2.05) is 4.68 Å². The Morgan fingerprint density at radius 3 is 2.29 bits per heavy atom. The molecule has 0 bridgehead atoms. The lowest BCUT2D eigenvalue weighted by molar-refractivity contribution is 0.394. The van der Waals surface area contributed by atoms with Crippen molar-refractivity contribution >= 4 is 15.9 Å². The van der Waals surface area contributed by atoms with Gasteiger partial charge in [-0.25, -0.2) is 0 Å². The standard InChI is InChI=1S/C10H17BrN2O/c1-6-13-9(11)7(14-5)8(12-13)10(2,3)4/h6H2,1-5H3. The van der Waals surface area contributed by atoms with Crippen LogP contribution in [0.2, 0.25) is 0 Å². The summed E-state index contributed by atoms with van der Waals surface area (Å²) in [6.45, 7) is 9.29. The summed E-state index contributed by atoms with van der Waals surface area (Å²) < 4.78 is 8.18. The molecule has 0 aromatic carbocycles. The number of aromatic nitrogens is 2. The summed E-state index contributed by atoms with van der Waals surface area (Å²) in [6.07, 6.45) is 0. The molecule has 1 aromatic rings. The van der Waals surface area contributed by atoms with Crippen LogP contribution in [0.15, 0.2) is 4.60 Å². The van der Waals surface area contributed by atoms with Gasteiger partial charge >= 0.3 is 0 Å². The topological polar surface area (TPSA) is 27.1 Å². The van der Waals surface area contributed by atoms with Crippen LogP contribution in [0.25, 0.3) is 0 Å². The van der Waals surface area contributed by atoms with Gasteiger partial charge in [0, 0.05) is 12.0 Å².